The van der Waals surface area contributed by atoms with Crippen LogP contribution in [0.25, 0.3) is 11.8 Å². The fourth-order valence-electron chi connectivity index (χ4n) is 3.23. The van der Waals surface area contributed by atoms with Crippen LogP contribution >= 0.6 is 11.6 Å². The molecule has 4 rings (SSSR count). The van der Waals surface area contributed by atoms with Crippen molar-refractivity contribution in [2.45, 2.75) is 6.92 Å². The molecule has 1 aliphatic heterocycles. The van der Waals surface area contributed by atoms with Crippen molar-refractivity contribution in [3.8, 4) is 0 Å². The molecule has 0 aromatic heterocycles. The number of para-hydroxylation sites is 1. The van der Waals surface area contributed by atoms with E-state index in [1.54, 1.807) is 4.90 Å². The van der Waals surface area contributed by atoms with E-state index in [1.165, 1.54) is 0 Å². The first-order valence-electron chi connectivity index (χ1n) is 8.78. The zero-order chi connectivity index (χ0) is 18.8. The highest BCUT2D eigenvalue weighted by Crippen LogP contribution is 2.36. The third-order valence-corrected chi connectivity index (χ3v) is 4.85. The van der Waals surface area contributed by atoms with Gasteiger partial charge in [0.25, 0.3) is 5.91 Å². The van der Waals surface area contributed by atoms with E-state index in [9.17, 15) is 4.79 Å². The molecule has 0 saturated carbocycles. The molecule has 3 heteroatoms. The lowest BCUT2D eigenvalue weighted by molar-refractivity contribution is -0.113. The topological polar surface area (TPSA) is 20.3 Å². The number of nitrogens with zero attached hydrogens (tertiary/aromatic N) is 1. The van der Waals surface area contributed by atoms with Gasteiger partial charge in [-0.05, 0) is 54.0 Å². The van der Waals surface area contributed by atoms with E-state index in [0.29, 0.717) is 10.6 Å². The summed E-state index contributed by atoms with van der Waals surface area (Å²) in [6, 6.07) is 25.4. The fraction of sp³-hybridized carbons (Fsp3) is 0.0417. The van der Waals surface area contributed by atoms with Crippen molar-refractivity contribution in [1.29, 1.82) is 0 Å². The van der Waals surface area contributed by atoms with Crippen LogP contribution in [0.1, 0.15) is 16.7 Å². The molecule has 27 heavy (non-hydrogen) atoms. The summed E-state index contributed by atoms with van der Waals surface area (Å²) < 4.78 is 0. The first kappa shape index (κ1) is 17.3. The van der Waals surface area contributed by atoms with Gasteiger partial charge in [-0.1, -0.05) is 72.3 Å². The van der Waals surface area contributed by atoms with Gasteiger partial charge in [-0.2, -0.15) is 0 Å². The number of anilines is 1. The standard InChI is InChI=1S/C24H18ClNO/c1-17-7-5-6-10-22(17)26-23(19-8-3-2-4-9-19)16-20(24(26)27)15-18-11-13-21(25)14-12-18/h2-16H,1H3/b20-15+. The molecule has 3 aromatic carbocycles. The van der Waals surface area contributed by atoms with Gasteiger partial charge in [0.2, 0.25) is 0 Å². The maximum Gasteiger partial charge on any atom is 0.262 e. The van der Waals surface area contributed by atoms with E-state index in [4.69, 9.17) is 11.6 Å². The van der Waals surface area contributed by atoms with E-state index in [0.717, 1.165) is 28.1 Å². The number of benzene rings is 3. The molecule has 0 atom stereocenters. The van der Waals surface area contributed by atoms with Crippen molar-refractivity contribution >= 4 is 35.0 Å². The molecule has 0 radical (unpaired) electrons. The highest BCUT2D eigenvalue weighted by Gasteiger charge is 2.31. The summed E-state index contributed by atoms with van der Waals surface area (Å²) in [5.74, 6) is -0.0295. The molecule has 0 aliphatic carbocycles. The van der Waals surface area contributed by atoms with Crippen LogP contribution in [-0.4, -0.2) is 5.91 Å². The number of halogens is 1. The highest BCUT2D eigenvalue weighted by molar-refractivity contribution is 6.30. The Hall–Kier alpha value is -3.10. The number of carbonyl (C=O) groups excluding carboxylic acids is 1. The van der Waals surface area contributed by atoms with Gasteiger partial charge in [-0.15, -0.1) is 0 Å². The molecule has 1 heterocycles. The molecule has 1 aliphatic rings. The minimum Gasteiger partial charge on any atom is -0.276 e. The minimum absolute atomic E-state index is 0.0295. The van der Waals surface area contributed by atoms with Gasteiger partial charge in [0.1, 0.15) is 0 Å². The Morgan fingerprint density at radius 2 is 1.52 bits per heavy atom. The Labute approximate surface area is 164 Å². The van der Waals surface area contributed by atoms with E-state index < -0.39 is 0 Å². The second-order valence-corrected chi connectivity index (χ2v) is 6.91. The quantitative estimate of drug-likeness (QED) is 0.508. The first-order valence-corrected chi connectivity index (χ1v) is 9.16. The van der Waals surface area contributed by atoms with E-state index >= 15 is 0 Å². The summed E-state index contributed by atoms with van der Waals surface area (Å²) in [6.45, 7) is 2.02. The maximum absolute atomic E-state index is 13.3. The first-order chi connectivity index (χ1) is 13.1. The normalized spacial score (nSPS) is 15.3. The summed E-state index contributed by atoms with van der Waals surface area (Å²) in [5, 5.41) is 0.678. The number of amides is 1. The minimum atomic E-state index is -0.0295. The van der Waals surface area contributed by atoms with Crippen LogP contribution in [0.15, 0.2) is 90.5 Å². The van der Waals surface area contributed by atoms with Crippen LogP contribution in [0.2, 0.25) is 5.02 Å². The van der Waals surface area contributed by atoms with Crippen molar-refractivity contribution in [2.24, 2.45) is 0 Å². The number of aryl methyl sites for hydroxylation is 1. The van der Waals surface area contributed by atoms with Gasteiger partial charge in [-0.3, -0.25) is 9.69 Å². The summed E-state index contributed by atoms with van der Waals surface area (Å²) >= 11 is 5.97. The molecular weight excluding hydrogens is 354 g/mol. The third kappa shape index (κ3) is 3.44. The molecular formula is C24H18ClNO. The summed E-state index contributed by atoms with van der Waals surface area (Å²) in [5.41, 5.74) is 5.44. The van der Waals surface area contributed by atoms with E-state index in [2.05, 4.69) is 0 Å². The Morgan fingerprint density at radius 3 is 2.22 bits per heavy atom. The molecule has 3 aromatic rings. The van der Waals surface area contributed by atoms with Crippen molar-refractivity contribution < 1.29 is 4.79 Å². The van der Waals surface area contributed by atoms with Crippen LogP contribution in [0, 0.1) is 6.92 Å². The van der Waals surface area contributed by atoms with Crippen LogP contribution in [0.5, 0.6) is 0 Å². The number of hydrogen-bond acceptors (Lipinski definition) is 1. The van der Waals surface area contributed by atoms with Gasteiger partial charge in [0, 0.05) is 10.6 Å². The summed E-state index contributed by atoms with van der Waals surface area (Å²) in [4.78, 5) is 15.1. The molecule has 0 unspecified atom stereocenters. The molecule has 0 N–H and O–H groups in total. The van der Waals surface area contributed by atoms with Crippen molar-refractivity contribution in [2.75, 3.05) is 4.90 Å². The summed E-state index contributed by atoms with van der Waals surface area (Å²) in [6.07, 6.45) is 3.86. The lowest BCUT2D eigenvalue weighted by Crippen LogP contribution is -2.25. The maximum atomic E-state index is 13.3. The van der Waals surface area contributed by atoms with E-state index in [-0.39, 0.29) is 5.91 Å². The van der Waals surface area contributed by atoms with Crippen molar-refractivity contribution in [1.82, 2.24) is 0 Å². The molecule has 0 saturated heterocycles. The monoisotopic (exact) mass is 371 g/mol. The smallest absolute Gasteiger partial charge is 0.262 e. The largest absolute Gasteiger partial charge is 0.276 e. The van der Waals surface area contributed by atoms with Gasteiger partial charge in [0.05, 0.1) is 11.4 Å². The predicted octanol–water partition coefficient (Wildman–Crippen LogP) is 6.12. The average Bonchev–Trinajstić information content (AvgIpc) is 3.01. The Kier molecular flexibility index (Phi) is 4.66. The molecule has 0 fully saturated rings. The molecule has 132 valence electrons. The van der Waals surface area contributed by atoms with E-state index in [1.807, 2.05) is 97.9 Å². The van der Waals surface area contributed by atoms with Crippen molar-refractivity contribution in [3.05, 3.63) is 112 Å². The van der Waals surface area contributed by atoms with Crippen LogP contribution < -0.4 is 4.90 Å². The lowest BCUT2D eigenvalue weighted by atomic mass is 10.1. The zero-order valence-corrected chi connectivity index (χ0v) is 15.6. The number of hydrogen-bond donors (Lipinski definition) is 0. The van der Waals surface area contributed by atoms with Crippen LogP contribution in [-0.2, 0) is 4.79 Å². The lowest BCUT2D eigenvalue weighted by Gasteiger charge is -2.22. The molecule has 1 amide bonds. The second kappa shape index (κ2) is 7.26. The van der Waals surface area contributed by atoms with Crippen LogP contribution in [0.4, 0.5) is 5.69 Å². The SMILES string of the molecule is Cc1ccccc1N1C(=O)/C(=C/c2ccc(Cl)cc2)C=C1c1ccccc1. The van der Waals surface area contributed by atoms with Gasteiger partial charge in [0.15, 0.2) is 0 Å². The van der Waals surface area contributed by atoms with Gasteiger partial charge >= 0.3 is 0 Å². The van der Waals surface area contributed by atoms with Crippen molar-refractivity contribution in [3.63, 3.8) is 0 Å². The molecule has 0 spiro atoms. The zero-order valence-electron chi connectivity index (χ0n) is 14.9. The van der Waals surface area contributed by atoms with Crippen LogP contribution in [0.3, 0.4) is 0 Å². The fourth-order valence-corrected chi connectivity index (χ4v) is 3.35. The van der Waals surface area contributed by atoms with Gasteiger partial charge in [-0.25, -0.2) is 0 Å². The highest BCUT2D eigenvalue weighted by atomic mass is 35.5. The third-order valence-electron chi connectivity index (χ3n) is 4.60. The molecule has 2 nitrogen and oxygen atoms in total. The molecule has 0 bridgehead atoms. The average molecular weight is 372 g/mol. The summed E-state index contributed by atoms with van der Waals surface area (Å²) in [7, 11) is 0. The number of rotatable bonds is 3. The second-order valence-electron chi connectivity index (χ2n) is 6.47. The Bertz CT molecular complexity index is 1050. The predicted molar refractivity (Wildman–Crippen MR) is 113 cm³/mol. The van der Waals surface area contributed by atoms with Gasteiger partial charge < -0.3 is 0 Å². The Morgan fingerprint density at radius 1 is 0.852 bits per heavy atom. The Balaban J connectivity index is 1.84. The number of carbonyl (C=O) groups is 1.